The summed E-state index contributed by atoms with van der Waals surface area (Å²) < 4.78 is 13.0. The number of carboxylic acid groups (broad SMARTS) is 1. The Hall–Kier alpha value is -3.38. The van der Waals surface area contributed by atoms with Crippen molar-refractivity contribution in [3.63, 3.8) is 0 Å². The predicted molar refractivity (Wildman–Crippen MR) is 107 cm³/mol. The molecule has 0 saturated carbocycles. The van der Waals surface area contributed by atoms with Crippen LogP contribution in [0.3, 0.4) is 0 Å². The van der Waals surface area contributed by atoms with Crippen LogP contribution in [-0.4, -0.2) is 40.0 Å². The summed E-state index contributed by atoms with van der Waals surface area (Å²) in [5.41, 5.74) is 0.269. The number of nitrogens with zero attached hydrogens (tertiary/aromatic N) is 1. The van der Waals surface area contributed by atoms with Crippen molar-refractivity contribution in [1.82, 2.24) is 5.32 Å². The van der Waals surface area contributed by atoms with E-state index in [0.717, 1.165) is 12.1 Å². The van der Waals surface area contributed by atoms with Crippen molar-refractivity contribution in [2.75, 3.05) is 12.0 Å². The minimum atomic E-state index is -1.17. The highest BCUT2D eigenvalue weighted by atomic mass is 32.2. The number of nitro benzene ring substituents is 1. The minimum Gasteiger partial charge on any atom is -0.480 e. The SMILES string of the molecule is CSCC[C@H](NC(=O)c1ccc([N+](=O)[O-])cc1C#Cc1ccc(F)cc1)C(=O)O. The molecule has 2 aromatic carbocycles. The van der Waals surface area contributed by atoms with Gasteiger partial charge in [-0.05, 0) is 48.8 Å². The number of hydrogen-bond donors (Lipinski definition) is 2. The number of amides is 1. The topological polar surface area (TPSA) is 110 Å². The van der Waals surface area contributed by atoms with Crippen LogP contribution in [-0.2, 0) is 4.79 Å². The molecule has 0 saturated heterocycles. The molecule has 150 valence electrons. The lowest BCUT2D eigenvalue weighted by atomic mass is 10.0. The van der Waals surface area contributed by atoms with Gasteiger partial charge in [-0.2, -0.15) is 11.8 Å². The first-order valence-electron chi connectivity index (χ1n) is 8.40. The number of aliphatic carboxylic acids is 1. The molecule has 29 heavy (non-hydrogen) atoms. The van der Waals surface area contributed by atoms with Gasteiger partial charge in [-0.3, -0.25) is 14.9 Å². The van der Waals surface area contributed by atoms with Crippen LogP contribution in [0.25, 0.3) is 0 Å². The van der Waals surface area contributed by atoms with E-state index in [1.807, 2.05) is 6.26 Å². The summed E-state index contributed by atoms with van der Waals surface area (Å²) in [5, 5.41) is 22.8. The van der Waals surface area contributed by atoms with E-state index < -0.39 is 28.7 Å². The number of hydrogen-bond acceptors (Lipinski definition) is 5. The van der Waals surface area contributed by atoms with Crippen LogP contribution < -0.4 is 5.32 Å². The zero-order valence-electron chi connectivity index (χ0n) is 15.3. The molecule has 0 aromatic heterocycles. The van der Waals surface area contributed by atoms with Crippen molar-refractivity contribution in [1.29, 1.82) is 0 Å². The quantitative estimate of drug-likeness (QED) is 0.408. The Labute approximate surface area is 170 Å². The van der Waals surface area contributed by atoms with E-state index in [4.69, 9.17) is 0 Å². The van der Waals surface area contributed by atoms with Gasteiger partial charge in [-0.15, -0.1) is 0 Å². The summed E-state index contributed by atoms with van der Waals surface area (Å²) in [6.07, 6.45) is 2.05. The third kappa shape index (κ3) is 6.33. The highest BCUT2D eigenvalue weighted by Gasteiger charge is 2.22. The number of nitrogens with one attached hydrogen (secondary N) is 1. The Morgan fingerprint density at radius 2 is 1.93 bits per heavy atom. The molecule has 0 heterocycles. The molecule has 2 rings (SSSR count). The normalized spacial score (nSPS) is 11.1. The van der Waals surface area contributed by atoms with Crippen molar-refractivity contribution in [3.8, 4) is 11.8 Å². The molecule has 0 bridgehead atoms. The zero-order chi connectivity index (χ0) is 21.4. The first kappa shape index (κ1) is 21.9. The summed E-state index contributed by atoms with van der Waals surface area (Å²) in [5.74, 6) is 3.63. The molecule has 0 aliphatic rings. The molecule has 1 atom stereocenters. The molecule has 0 fully saturated rings. The molecular formula is C20H17FN2O5S. The molecule has 0 aliphatic heterocycles. The highest BCUT2D eigenvalue weighted by Crippen LogP contribution is 2.18. The summed E-state index contributed by atoms with van der Waals surface area (Å²) in [6, 6.07) is 7.73. The fraction of sp³-hybridized carbons (Fsp3) is 0.200. The van der Waals surface area contributed by atoms with Gasteiger partial charge in [0.25, 0.3) is 11.6 Å². The third-order valence-electron chi connectivity index (χ3n) is 3.86. The number of carbonyl (C=O) groups excluding carboxylic acids is 1. The van der Waals surface area contributed by atoms with E-state index in [-0.39, 0.29) is 23.2 Å². The lowest BCUT2D eigenvalue weighted by Crippen LogP contribution is -2.41. The second kappa shape index (κ2) is 10.2. The van der Waals surface area contributed by atoms with Gasteiger partial charge in [-0.1, -0.05) is 11.8 Å². The second-order valence-corrected chi connectivity index (χ2v) is 6.88. The first-order valence-corrected chi connectivity index (χ1v) is 9.80. The number of rotatable bonds is 7. The maximum Gasteiger partial charge on any atom is 0.326 e. The van der Waals surface area contributed by atoms with E-state index in [9.17, 15) is 29.2 Å². The molecule has 1 amide bonds. The molecule has 0 spiro atoms. The molecule has 0 aliphatic carbocycles. The van der Waals surface area contributed by atoms with Gasteiger partial charge in [0.2, 0.25) is 0 Å². The van der Waals surface area contributed by atoms with Gasteiger partial charge >= 0.3 is 5.97 Å². The minimum absolute atomic E-state index is 0.0145. The van der Waals surface area contributed by atoms with E-state index >= 15 is 0 Å². The fourth-order valence-electron chi connectivity index (χ4n) is 2.35. The van der Waals surface area contributed by atoms with Gasteiger partial charge in [0.05, 0.1) is 10.5 Å². The Morgan fingerprint density at radius 1 is 1.24 bits per heavy atom. The van der Waals surface area contributed by atoms with Crippen LogP contribution in [0.2, 0.25) is 0 Å². The van der Waals surface area contributed by atoms with E-state index in [2.05, 4.69) is 17.2 Å². The zero-order valence-corrected chi connectivity index (χ0v) is 16.2. The number of non-ortho nitro benzene ring substituents is 1. The van der Waals surface area contributed by atoms with Gasteiger partial charge in [-0.25, -0.2) is 9.18 Å². The maximum atomic E-state index is 13.0. The predicted octanol–water partition coefficient (Wildman–Crippen LogP) is 3.07. The average Bonchev–Trinajstić information content (AvgIpc) is 2.70. The van der Waals surface area contributed by atoms with Gasteiger partial charge in [0, 0.05) is 23.3 Å². The molecule has 2 N–H and O–H groups in total. The van der Waals surface area contributed by atoms with Crippen molar-refractivity contribution < 1.29 is 24.0 Å². The van der Waals surface area contributed by atoms with E-state index in [0.29, 0.717) is 11.3 Å². The third-order valence-corrected chi connectivity index (χ3v) is 4.50. The van der Waals surface area contributed by atoms with Crippen molar-refractivity contribution in [3.05, 3.63) is 75.1 Å². The fourth-order valence-corrected chi connectivity index (χ4v) is 2.82. The van der Waals surface area contributed by atoms with E-state index in [1.165, 1.54) is 42.1 Å². The lowest BCUT2D eigenvalue weighted by molar-refractivity contribution is -0.384. The Kier molecular flexibility index (Phi) is 7.74. The van der Waals surface area contributed by atoms with Gasteiger partial charge in [0.1, 0.15) is 11.9 Å². The summed E-state index contributed by atoms with van der Waals surface area (Å²) in [6.45, 7) is 0. The Bertz CT molecular complexity index is 983. The monoisotopic (exact) mass is 416 g/mol. The molecule has 7 nitrogen and oxygen atoms in total. The van der Waals surface area contributed by atoms with Crippen LogP contribution in [0.4, 0.5) is 10.1 Å². The highest BCUT2D eigenvalue weighted by molar-refractivity contribution is 7.98. The second-order valence-electron chi connectivity index (χ2n) is 5.89. The number of benzene rings is 2. The van der Waals surface area contributed by atoms with Crippen LogP contribution in [0.1, 0.15) is 27.9 Å². The van der Waals surface area contributed by atoms with Gasteiger partial charge < -0.3 is 10.4 Å². The lowest BCUT2D eigenvalue weighted by Gasteiger charge is -2.14. The molecular weight excluding hydrogens is 399 g/mol. The van der Waals surface area contributed by atoms with Crippen molar-refractivity contribution >= 4 is 29.3 Å². The largest absolute Gasteiger partial charge is 0.480 e. The molecule has 0 unspecified atom stereocenters. The number of nitro groups is 1. The van der Waals surface area contributed by atoms with Crippen molar-refractivity contribution in [2.45, 2.75) is 12.5 Å². The van der Waals surface area contributed by atoms with Crippen LogP contribution in [0.5, 0.6) is 0 Å². The first-order chi connectivity index (χ1) is 13.8. The number of thioether (sulfide) groups is 1. The van der Waals surface area contributed by atoms with E-state index in [1.54, 1.807) is 0 Å². The Balaban J connectivity index is 2.38. The maximum absolute atomic E-state index is 13.0. The van der Waals surface area contributed by atoms with Gasteiger partial charge in [0.15, 0.2) is 0 Å². The summed E-state index contributed by atoms with van der Waals surface area (Å²) >= 11 is 1.45. The smallest absolute Gasteiger partial charge is 0.326 e. The number of carbonyl (C=O) groups is 2. The van der Waals surface area contributed by atoms with Crippen LogP contribution in [0, 0.1) is 27.8 Å². The molecule has 0 radical (unpaired) electrons. The van der Waals surface area contributed by atoms with Crippen LogP contribution >= 0.6 is 11.8 Å². The number of halogens is 1. The standard InChI is InChI=1S/C20H17FN2O5S/c1-29-11-10-18(20(25)26)22-19(24)17-9-8-16(23(27)28)12-14(17)5-2-13-3-6-15(21)7-4-13/h3-4,6-9,12,18H,10-11H2,1H3,(H,22,24)(H,25,26)/t18-/m0/s1. The van der Waals surface area contributed by atoms with Crippen LogP contribution in [0.15, 0.2) is 42.5 Å². The average molecular weight is 416 g/mol. The molecule has 2 aromatic rings. The summed E-state index contributed by atoms with van der Waals surface area (Å²) in [4.78, 5) is 34.4. The summed E-state index contributed by atoms with van der Waals surface area (Å²) in [7, 11) is 0. The molecule has 9 heteroatoms. The number of carboxylic acids is 1. The van der Waals surface area contributed by atoms with Crippen molar-refractivity contribution in [2.24, 2.45) is 0 Å². The Morgan fingerprint density at radius 3 is 2.52 bits per heavy atom.